The Bertz CT molecular complexity index is 422. The fourth-order valence-corrected chi connectivity index (χ4v) is 3.08. The van der Waals surface area contributed by atoms with Gasteiger partial charge in [0.2, 0.25) is 0 Å². The third-order valence-corrected chi connectivity index (χ3v) is 4.33. The molecule has 2 atom stereocenters. The molecule has 0 aromatic carbocycles. The first-order valence-corrected chi connectivity index (χ1v) is 7.84. The van der Waals surface area contributed by atoms with Gasteiger partial charge in [-0.25, -0.2) is 4.79 Å². The van der Waals surface area contributed by atoms with Crippen LogP contribution in [0, 0.1) is 0 Å². The van der Waals surface area contributed by atoms with E-state index < -0.39 is 0 Å². The summed E-state index contributed by atoms with van der Waals surface area (Å²) in [5.41, 5.74) is 1.25. The Hall–Kier alpha value is -1.11. The first-order chi connectivity index (χ1) is 9.59. The molecular formula is C14H23N3O2S. The van der Waals surface area contributed by atoms with Crippen LogP contribution in [0.15, 0.2) is 16.8 Å². The molecule has 0 aliphatic carbocycles. The van der Waals surface area contributed by atoms with E-state index in [0.29, 0.717) is 26.3 Å². The predicted octanol–water partition coefficient (Wildman–Crippen LogP) is 1.78. The van der Waals surface area contributed by atoms with Crippen molar-refractivity contribution < 1.29 is 9.53 Å². The molecule has 5 nitrogen and oxygen atoms in total. The van der Waals surface area contributed by atoms with Gasteiger partial charge in [0.05, 0.1) is 25.3 Å². The Balaban J connectivity index is 1.90. The summed E-state index contributed by atoms with van der Waals surface area (Å²) in [5.74, 6) is 0. The summed E-state index contributed by atoms with van der Waals surface area (Å²) in [7, 11) is 4.07. The van der Waals surface area contributed by atoms with Crippen molar-refractivity contribution in [2.75, 3.05) is 40.4 Å². The molecule has 20 heavy (non-hydrogen) atoms. The molecule has 0 saturated carbocycles. The lowest BCUT2D eigenvalue weighted by Gasteiger charge is -2.34. The summed E-state index contributed by atoms with van der Waals surface area (Å²) >= 11 is 1.68. The van der Waals surface area contributed by atoms with Crippen LogP contribution in [0.3, 0.4) is 0 Å². The predicted molar refractivity (Wildman–Crippen MR) is 81.1 cm³/mol. The fraction of sp³-hybridized carbons (Fsp3) is 0.643. The van der Waals surface area contributed by atoms with E-state index >= 15 is 0 Å². The molecule has 1 aromatic heterocycles. The normalized spacial score (nSPS) is 21.0. The van der Waals surface area contributed by atoms with E-state index in [1.165, 1.54) is 5.56 Å². The molecule has 1 saturated heterocycles. The largest absolute Gasteiger partial charge is 0.377 e. The van der Waals surface area contributed by atoms with E-state index in [4.69, 9.17) is 4.74 Å². The van der Waals surface area contributed by atoms with E-state index in [9.17, 15) is 4.79 Å². The Morgan fingerprint density at radius 1 is 1.65 bits per heavy atom. The van der Waals surface area contributed by atoms with Crippen molar-refractivity contribution in [1.29, 1.82) is 0 Å². The second-order valence-electron chi connectivity index (χ2n) is 5.34. The number of amides is 2. The van der Waals surface area contributed by atoms with Gasteiger partial charge in [0, 0.05) is 13.1 Å². The van der Waals surface area contributed by atoms with E-state index in [0.717, 1.165) is 0 Å². The van der Waals surface area contributed by atoms with Gasteiger partial charge in [-0.1, -0.05) is 0 Å². The number of thiophene rings is 1. The maximum Gasteiger partial charge on any atom is 0.317 e. The molecule has 0 bridgehead atoms. The van der Waals surface area contributed by atoms with Crippen LogP contribution in [-0.2, 0) is 4.74 Å². The Morgan fingerprint density at radius 2 is 2.45 bits per heavy atom. The van der Waals surface area contributed by atoms with Crippen molar-refractivity contribution >= 4 is 17.4 Å². The SMILES string of the molecule is C[C@@H]1COCCN1C(=O)NC[C@@H](c1ccsc1)N(C)C. The molecule has 0 unspecified atom stereocenters. The van der Waals surface area contributed by atoms with Crippen LogP contribution in [0.2, 0.25) is 0 Å². The van der Waals surface area contributed by atoms with Crippen LogP contribution in [0.4, 0.5) is 4.79 Å². The fourth-order valence-electron chi connectivity index (χ4n) is 2.38. The molecule has 1 aliphatic heterocycles. The lowest BCUT2D eigenvalue weighted by Crippen LogP contribution is -2.52. The lowest BCUT2D eigenvalue weighted by molar-refractivity contribution is 0.0187. The highest BCUT2D eigenvalue weighted by atomic mass is 32.1. The summed E-state index contributed by atoms with van der Waals surface area (Å²) < 4.78 is 5.36. The number of urea groups is 1. The average Bonchev–Trinajstić information content (AvgIpc) is 2.92. The number of rotatable bonds is 4. The number of hydrogen-bond acceptors (Lipinski definition) is 4. The molecule has 6 heteroatoms. The van der Waals surface area contributed by atoms with E-state index in [-0.39, 0.29) is 18.1 Å². The molecule has 1 fully saturated rings. The zero-order valence-electron chi connectivity index (χ0n) is 12.3. The summed E-state index contributed by atoms with van der Waals surface area (Å²) in [6.45, 7) is 4.54. The Kier molecular flexibility index (Phi) is 5.39. The number of carbonyl (C=O) groups is 1. The quantitative estimate of drug-likeness (QED) is 0.921. The summed E-state index contributed by atoms with van der Waals surface area (Å²) in [4.78, 5) is 16.2. The third-order valence-electron chi connectivity index (χ3n) is 3.63. The summed E-state index contributed by atoms with van der Waals surface area (Å²) in [5, 5.41) is 7.25. The number of hydrogen-bond donors (Lipinski definition) is 1. The molecule has 2 rings (SSSR count). The molecule has 0 spiro atoms. The van der Waals surface area contributed by atoms with Crippen LogP contribution < -0.4 is 5.32 Å². The van der Waals surface area contributed by atoms with Gasteiger partial charge < -0.3 is 19.9 Å². The number of nitrogens with zero attached hydrogens (tertiary/aromatic N) is 2. The third kappa shape index (κ3) is 3.71. The van der Waals surface area contributed by atoms with Gasteiger partial charge in [0.1, 0.15) is 0 Å². The molecule has 1 N–H and O–H groups in total. The van der Waals surface area contributed by atoms with Gasteiger partial charge >= 0.3 is 6.03 Å². The zero-order valence-corrected chi connectivity index (χ0v) is 13.2. The van der Waals surface area contributed by atoms with Crippen molar-refractivity contribution in [2.45, 2.75) is 19.0 Å². The second kappa shape index (κ2) is 7.06. The van der Waals surface area contributed by atoms with Crippen molar-refractivity contribution in [2.24, 2.45) is 0 Å². The molecule has 2 heterocycles. The first-order valence-electron chi connectivity index (χ1n) is 6.90. The molecular weight excluding hydrogens is 274 g/mol. The van der Waals surface area contributed by atoms with Crippen molar-refractivity contribution in [3.8, 4) is 0 Å². The molecule has 2 amide bonds. The highest BCUT2D eigenvalue weighted by molar-refractivity contribution is 7.07. The summed E-state index contributed by atoms with van der Waals surface area (Å²) in [6.07, 6.45) is 0. The van der Waals surface area contributed by atoms with Crippen LogP contribution in [0.1, 0.15) is 18.5 Å². The van der Waals surface area contributed by atoms with Gasteiger partial charge in [0.25, 0.3) is 0 Å². The number of nitrogens with one attached hydrogen (secondary N) is 1. The van der Waals surface area contributed by atoms with Gasteiger partial charge in [-0.3, -0.25) is 0 Å². The topological polar surface area (TPSA) is 44.8 Å². The van der Waals surface area contributed by atoms with Gasteiger partial charge in [0.15, 0.2) is 0 Å². The summed E-state index contributed by atoms with van der Waals surface area (Å²) in [6, 6.07) is 2.46. The highest BCUT2D eigenvalue weighted by Gasteiger charge is 2.24. The maximum absolute atomic E-state index is 12.2. The van der Waals surface area contributed by atoms with E-state index in [1.54, 1.807) is 11.3 Å². The van der Waals surface area contributed by atoms with Crippen LogP contribution in [0.5, 0.6) is 0 Å². The Morgan fingerprint density at radius 3 is 3.05 bits per heavy atom. The van der Waals surface area contributed by atoms with Gasteiger partial charge in [-0.15, -0.1) is 0 Å². The average molecular weight is 297 g/mol. The van der Waals surface area contributed by atoms with Crippen LogP contribution in [-0.4, -0.2) is 62.3 Å². The first kappa shape index (κ1) is 15.3. The molecule has 1 aliphatic rings. The minimum atomic E-state index is 0.00267. The number of carbonyl (C=O) groups excluding carboxylic acids is 1. The highest BCUT2D eigenvalue weighted by Crippen LogP contribution is 2.20. The lowest BCUT2D eigenvalue weighted by atomic mass is 10.1. The minimum absolute atomic E-state index is 0.00267. The van der Waals surface area contributed by atoms with Crippen LogP contribution >= 0.6 is 11.3 Å². The van der Waals surface area contributed by atoms with E-state index in [1.807, 2.05) is 25.9 Å². The zero-order chi connectivity index (χ0) is 14.5. The second-order valence-corrected chi connectivity index (χ2v) is 6.12. The number of ether oxygens (including phenoxy) is 1. The van der Waals surface area contributed by atoms with Crippen molar-refractivity contribution in [3.63, 3.8) is 0 Å². The van der Waals surface area contributed by atoms with Gasteiger partial charge in [-0.2, -0.15) is 11.3 Å². The standard InChI is InChI=1S/C14H23N3O2S/c1-11-9-19-6-5-17(11)14(18)15-8-13(16(2)3)12-4-7-20-10-12/h4,7,10-11,13H,5-6,8-9H2,1-3H3,(H,15,18)/t11-,13+/m1/s1. The van der Waals surface area contributed by atoms with E-state index in [2.05, 4.69) is 27.0 Å². The smallest absolute Gasteiger partial charge is 0.317 e. The van der Waals surface area contributed by atoms with Gasteiger partial charge in [-0.05, 0) is 43.4 Å². The minimum Gasteiger partial charge on any atom is -0.377 e. The molecule has 0 radical (unpaired) electrons. The van der Waals surface area contributed by atoms with Crippen molar-refractivity contribution in [3.05, 3.63) is 22.4 Å². The maximum atomic E-state index is 12.2. The molecule has 112 valence electrons. The Labute approximate surface area is 124 Å². The monoisotopic (exact) mass is 297 g/mol. The number of morpholine rings is 1. The van der Waals surface area contributed by atoms with Crippen LogP contribution in [0.25, 0.3) is 0 Å². The molecule has 1 aromatic rings. The van der Waals surface area contributed by atoms with Crippen molar-refractivity contribution in [1.82, 2.24) is 15.1 Å². The number of likely N-dealkylation sites (N-methyl/N-ethyl adjacent to an activating group) is 1.